The Morgan fingerprint density at radius 2 is 1.71 bits per heavy atom. The van der Waals surface area contributed by atoms with Crippen LogP contribution < -0.4 is 15.0 Å². The van der Waals surface area contributed by atoms with E-state index in [0.29, 0.717) is 22.4 Å². The van der Waals surface area contributed by atoms with Crippen molar-refractivity contribution < 1.29 is 14.6 Å². The summed E-state index contributed by atoms with van der Waals surface area (Å²) >= 11 is 0. The molecule has 0 spiro atoms. The minimum atomic E-state index is -0.276. The first-order valence-electron chi connectivity index (χ1n) is 5.03. The number of hydrogen-bond donors (Lipinski definition) is 1. The summed E-state index contributed by atoms with van der Waals surface area (Å²) in [4.78, 5) is 11.5. The lowest BCUT2D eigenvalue weighted by atomic mass is 10.1. The number of aromatic nitrogens is 1. The minimum absolute atomic E-state index is 0.0657. The second kappa shape index (κ2) is 4.01. The Balaban J connectivity index is 2.92. The molecule has 1 heterocycles. The highest BCUT2D eigenvalue weighted by Gasteiger charge is 2.11. The van der Waals surface area contributed by atoms with Crippen LogP contribution in [0.4, 0.5) is 0 Å². The van der Waals surface area contributed by atoms with E-state index in [1.54, 1.807) is 19.2 Å². The summed E-state index contributed by atoms with van der Waals surface area (Å²) in [5.41, 5.74) is 0.315. The molecule has 0 bridgehead atoms. The molecule has 0 unspecified atom stereocenters. The van der Waals surface area contributed by atoms with Gasteiger partial charge in [-0.25, -0.2) is 0 Å². The van der Waals surface area contributed by atoms with E-state index in [1.807, 2.05) is 0 Å². The summed E-state index contributed by atoms with van der Waals surface area (Å²) in [7, 11) is 4.67. The van der Waals surface area contributed by atoms with Gasteiger partial charge in [0, 0.05) is 24.6 Å². The van der Waals surface area contributed by atoms with Crippen molar-refractivity contribution in [2.75, 3.05) is 14.2 Å². The van der Waals surface area contributed by atoms with E-state index in [4.69, 9.17) is 9.47 Å². The van der Waals surface area contributed by atoms with Gasteiger partial charge in [0.05, 0.1) is 19.7 Å². The molecular formula is C12H13NO4. The second-order valence-electron chi connectivity index (χ2n) is 3.65. The third-order valence-corrected chi connectivity index (χ3v) is 2.73. The molecule has 0 saturated carbocycles. The highest BCUT2D eigenvalue weighted by Crippen LogP contribution is 2.34. The quantitative estimate of drug-likeness (QED) is 0.851. The average molecular weight is 235 g/mol. The third kappa shape index (κ3) is 1.69. The monoisotopic (exact) mass is 235 g/mol. The predicted molar refractivity (Wildman–Crippen MR) is 64.0 cm³/mol. The normalized spacial score (nSPS) is 10.5. The molecule has 1 N–H and O–H groups in total. The highest BCUT2D eigenvalue weighted by atomic mass is 16.5. The number of fused-ring (bicyclic) bond motifs is 1. The van der Waals surface area contributed by atoms with E-state index in [-0.39, 0.29) is 11.3 Å². The number of hydrogen-bond acceptors (Lipinski definition) is 4. The van der Waals surface area contributed by atoms with Crippen LogP contribution in [0.3, 0.4) is 0 Å². The van der Waals surface area contributed by atoms with Crippen molar-refractivity contribution in [2.24, 2.45) is 7.05 Å². The molecule has 1 aromatic heterocycles. The maximum Gasteiger partial charge on any atom is 0.254 e. The molecule has 0 fully saturated rings. The van der Waals surface area contributed by atoms with Gasteiger partial charge >= 0.3 is 0 Å². The van der Waals surface area contributed by atoms with Gasteiger partial charge in [-0.2, -0.15) is 0 Å². The number of methoxy groups -OCH3 is 2. The molecule has 5 nitrogen and oxygen atoms in total. The van der Waals surface area contributed by atoms with Crippen LogP contribution in [0.5, 0.6) is 17.2 Å². The number of pyridine rings is 1. The zero-order valence-corrected chi connectivity index (χ0v) is 9.85. The van der Waals surface area contributed by atoms with Crippen molar-refractivity contribution in [2.45, 2.75) is 0 Å². The van der Waals surface area contributed by atoms with Crippen molar-refractivity contribution in [1.29, 1.82) is 0 Å². The smallest absolute Gasteiger partial charge is 0.254 e. The van der Waals surface area contributed by atoms with Gasteiger partial charge in [0.1, 0.15) is 5.75 Å². The van der Waals surface area contributed by atoms with Gasteiger partial charge in [0.2, 0.25) is 0 Å². The zero-order chi connectivity index (χ0) is 12.6. The van der Waals surface area contributed by atoms with Crippen molar-refractivity contribution in [3.05, 3.63) is 28.6 Å². The number of ether oxygens (including phenoxy) is 2. The number of rotatable bonds is 2. The van der Waals surface area contributed by atoms with Crippen LogP contribution >= 0.6 is 0 Å². The van der Waals surface area contributed by atoms with Gasteiger partial charge in [-0.3, -0.25) is 4.79 Å². The van der Waals surface area contributed by atoms with Gasteiger partial charge in [0.15, 0.2) is 11.5 Å². The lowest BCUT2D eigenvalue weighted by Gasteiger charge is -2.12. The fourth-order valence-corrected chi connectivity index (χ4v) is 1.76. The minimum Gasteiger partial charge on any atom is -0.507 e. The van der Waals surface area contributed by atoms with Crippen LogP contribution in [0.2, 0.25) is 0 Å². The molecule has 17 heavy (non-hydrogen) atoms. The topological polar surface area (TPSA) is 60.7 Å². The Morgan fingerprint density at radius 1 is 1.12 bits per heavy atom. The Bertz CT molecular complexity index is 630. The molecule has 0 saturated heterocycles. The number of aromatic hydroxyl groups is 1. The fourth-order valence-electron chi connectivity index (χ4n) is 1.76. The van der Waals surface area contributed by atoms with Crippen molar-refractivity contribution in [3.8, 4) is 17.2 Å². The van der Waals surface area contributed by atoms with Gasteiger partial charge in [-0.05, 0) is 6.07 Å². The summed E-state index contributed by atoms with van der Waals surface area (Å²) in [5, 5.41) is 10.3. The lowest BCUT2D eigenvalue weighted by Crippen LogP contribution is -2.15. The molecule has 0 aliphatic carbocycles. The van der Waals surface area contributed by atoms with Crippen LogP contribution in [0, 0.1) is 0 Å². The first-order valence-corrected chi connectivity index (χ1v) is 5.03. The van der Waals surface area contributed by atoms with E-state index in [1.165, 1.54) is 24.9 Å². The van der Waals surface area contributed by atoms with E-state index in [2.05, 4.69) is 0 Å². The van der Waals surface area contributed by atoms with E-state index >= 15 is 0 Å². The van der Waals surface area contributed by atoms with E-state index in [0.717, 1.165) is 0 Å². The molecule has 1 aromatic carbocycles. The van der Waals surface area contributed by atoms with Gasteiger partial charge in [0.25, 0.3) is 5.56 Å². The molecular weight excluding hydrogens is 222 g/mol. The molecule has 90 valence electrons. The number of nitrogens with zero attached hydrogens (tertiary/aromatic N) is 1. The van der Waals surface area contributed by atoms with Crippen molar-refractivity contribution >= 4 is 10.9 Å². The molecule has 0 radical (unpaired) electrons. The van der Waals surface area contributed by atoms with Gasteiger partial charge in [-0.15, -0.1) is 0 Å². The lowest BCUT2D eigenvalue weighted by molar-refractivity contribution is 0.355. The first-order chi connectivity index (χ1) is 8.08. The van der Waals surface area contributed by atoms with Crippen molar-refractivity contribution in [1.82, 2.24) is 4.57 Å². The first kappa shape index (κ1) is 11.3. The standard InChI is InChI=1S/C12H13NO4/c1-13-8-5-11(17-3)10(16-2)4-7(8)9(14)6-12(13)15/h4-6,14H,1-3H3. The van der Waals surface area contributed by atoms with Crippen LogP contribution in [0.25, 0.3) is 10.9 Å². The van der Waals surface area contributed by atoms with Gasteiger partial charge < -0.3 is 19.1 Å². The fraction of sp³-hybridized carbons (Fsp3) is 0.250. The van der Waals surface area contributed by atoms with Crippen molar-refractivity contribution in [3.63, 3.8) is 0 Å². The van der Waals surface area contributed by atoms with Crippen LogP contribution in [-0.2, 0) is 7.05 Å². The van der Waals surface area contributed by atoms with Crippen LogP contribution in [0.15, 0.2) is 23.0 Å². The van der Waals surface area contributed by atoms with Crippen LogP contribution in [0.1, 0.15) is 0 Å². The van der Waals surface area contributed by atoms with Crippen LogP contribution in [-0.4, -0.2) is 23.9 Å². The highest BCUT2D eigenvalue weighted by molar-refractivity contribution is 5.88. The Morgan fingerprint density at radius 3 is 2.29 bits per heavy atom. The maximum absolute atomic E-state index is 11.5. The van der Waals surface area contributed by atoms with E-state index in [9.17, 15) is 9.90 Å². The molecule has 5 heteroatoms. The molecule has 0 aliphatic rings. The summed E-state index contributed by atoms with van der Waals surface area (Å²) < 4.78 is 11.7. The largest absolute Gasteiger partial charge is 0.507 e. The molecule has 2 aromatic rings. The summed E-state index contributed by atoms with van der Waals surface area (Å²) in [6.07, 6.45) is 0. The molecule has 0 amide bonds. The maximum atomic E-state index is 11.5. The molecule has 0 atom stereocenters. The second-order valence-corrected chi connectivity index (χ2v) is 3.65. The van der Waals surface area contributed by atoms with Gasteiger partial charge in [-0.1, -0.05) is 0 Å². The van der Waals surface area contributed by atoms with E-state index < -0.39 is 0 Å². The summed E-state index contributed by atoms with van der Waals surface area (Å²) in [5.74, 6) is 0.957. The Kier molecular flexibility index (Phi) is 2.67. The third-order valence-electron chi connectivity index (χ3n) is 2.73. The number of aryl methyl sites for hydroxylation is 1. The molecule has 2 rings (SSSR count). The summed E-state index contributed by atoms with van der Waals surface area (Å²) in [6, 6.07) is 4.48. The molecule has 0 aliphatic heterocycles. The SMILES string of the molecule is COc1cc2c(O)cc(=O)n(C)c2cc1OC. The summed E-state index contributed by atoms with van der Waals surface area (Å²) in [6.45, 7) is 0. The Labute approximate surface area is 97.8 Å². The average Bonchev–Trinajstić information content (AvgIpc) is 2.34. The zero-order valence-electron chi connectivity index (χ0n) is 9.85. The Hall–Kier alpha value is -2.17. The number of benzene rings is 1. The predicted octanol–water partition coefficient (Wildman–Crippen LogP) is 1.26.